The normalized spacial score (nSPS) is 26.2. The molecule has 0 radical (unpaired) electrons. The summed E-state index contributed by atoms with van der Waals surface area (Å²) in [5, 5.41) is 9.72. The zero-order valence-corrected chi connectivity index (χ0v) is 13.9. The van der Waals surface area contributed by atoms with Gasteiger partial charge in [-0.05, 0) is 11.6 Å². The first-order valence-electron chi connectivity index (χ1n) is 8.05. The summed E-state index contributed by atoms with van der Waals surface area (Å²) in [6, 6.07) is 2.22. The molecule has 0 saturated carbocycles. The first kappa shape index (κ1) is 18.4. The number of carbonyl (C=O) groups excluding carboxylic acids is 1. The Morgan fingerprint density at radius 2 is 2.15 bits per heavy atom. The van der Waals surface area contributed by atoms with Crippen molar-refractivity contribution in [1.29, 1.82) is 0 Å². The number of hydrogen-bond donors (Lipinski definition) is 1. The number of halogens is 3. The molecule has 1 N–H and O–H groups in total. The van der Waals surface area contributed by atoms with Gasteiger partial charge in [0.15, 0.2) is 0 Å². The van der Waals surface area contributed by atoms with E-state index in [-0.39, 0.29) is 32.1 Å². The number of amides is 1. The van der Waals surface area contributed by atoms with Crippen molar-refractivity contribution in [2.75, 3.05) is 26.2 Å². The first-order chi connectivity index (χ1) is 12.2. The summed E-state index contributed by atoms with van der Waals surface area (Å²) in [6.45, 7) is 4.64. The molecule has 0 unspecified atom stereocenters. The number of alkyl halides is 3. The van der Waals surface area contributed by atoms with Crippen LogP contribution in [0.5, 0.6) is 0 Å². The number of aromatic nitrogens is 1. The van der Waals surface area contributed by atoms with Crippen LogP contribution >= 0.6 is 0 Å². The summed E-state index contributed by atoms with van der Waals surface area (Å²) in [5.41, 5.74) is -1.63. The van der Waals surface area contributed by atoms with Crippen molar-refractivity contribution >= 4 is 11.9 Å². The summed E-state index contributed by atoms with van der Waals surface area (Å²) in [7, 11) is 0. The maximum atomic E-state index is 12.6. The van der Waals surface area contributed by atoms with Gasteiger partial charge in [-0.3, -0.25) is 19.5 Å². The van der Waals surface area contributed by atoms with Gasteiger partial charge >= 0.3 is 12.1 Å². The van der Waals surface area contributed by atoms with E-state index in [1.807, 2.05) is 0 Å². The second-order valence-corrected chi connectivity index (χ2v) is 6.74. The van der Waals surface area contributed by atoms with Gasteiger partial charge in [0.25, 0.3) is 0 Å². The van der Waals surface area contributed by atoms with Gasteiger partial charge in [0.2, 0.25) is 5.91 Å². The van der Waals surface area contributed by atoms with E-state index < -0.39 is 29.2 Å². The average molecular weight is 369 g/mol. The Bertz CT molecular complexity index is 735. The summed E-state index contributed by atoms with van der Waals surface area (Å²) in [4.78, 5) is 31.1. The van der Waals surface area contributed by atoms with E-state index in [9.17, 15) is 27.9 Å². The van der Waals surface area contributed by atoms with E-state index in [1.54, 1.807) is 11.0 Å². The second-order valence-electron chi connectivity index (χ2n) is 6.74. The highest BCUT2D eigenvalue weighted by Gasteiger charge is 2.61. The summed E-state index contributed by atoms with van der Waals surface area (Å²) in [6.07, 6.45) is -1.81. The van der Waals surface area contributed by atoms with Crippen LogP contribution in [0.1, 0.15) is 11.3 Å². The molecule has 2 saturated heterocycles. The number of carbonyl (C=O) groups is 2. The number of fused-ring (bicyclic) bond motifs is 1. The Kier molecular flexibility index (Phi) is 4.51. The van der Waals surface area contributed by atoms with Gasteiger partial charge in [-0.2, -0.15) is 13.2 Å². The summed E-state index contributed by atoms with van der Waals surface area (Å²) >= 11 is 0. The average Bonchev–Trinajstić information content (AvgIpc) is 3.04. The zero-order valence-electron chi connectivity index (χ0n) is 13.9. The fourth-order valence-corrected chi connectivity index (χ4v) is 3.78. The van der Waals surface area contributed by atoms with Gasteiger partial charge in [0.05, 0.1) is 5.92 Å². The predicted molar refractivity (Wildman–Crippen MR) is 84.9 cm³/mol. The van der Waals surface area contributed by atoms with Crippen LogP contribution in [0.2, 0.25) is 0 Å². The maximum Gasteiger partial charge on any atom is 0.433 e. The topological polar surface area (TPSA) is 73.7 Å². The van der Waals surface area contributed by atoms with Gasteiger partial charge in [0, 0.05) is 38.9 Å². The van der Waals surface area contributed by atoms with Gasteiger partial charge in [-0.15, -0.1) is 6.58 Å². The Morgan fingerprint density at radius 3 is 2.65 bits per heavy atom. The van der Waals surface area contributed by atoms with Crippen molar-refractivity contribution in [2.45, 2.75) is 12.7 Å². The van der Waals surface area contributed by atoms with Gasteiger partial charge < -0.3 is 10.0 Å². The van der Waals surface area contributed by atoms with Crippen LogP contribution in [0.4, 0.5) is 13.2 Å². The van der Waals surface area contributed by atoms with E-state index in [0.717, 1.165) is 12.3 Å². The highest BCUT2D eigenvalue weighted by molar-refractivity contribution is 5.92. The quantitative estimate of drug-likeness (QED) is 0.799. The molecule has 1 amide bonds. The number of carboxylic acid groups (broad SMARTS) is 1. The van der Waals surface area contributed by atoms with Crippen LogP contribution < -0.4 is 0 Å². The second kappa shape index (κ2) is 6.39. The molecule has 140 valence electrons. The lowest BCUT2D eigenvalue weighted by atomic mass is 9.81. The smallest absolute Gasteiger partial charge is 0.433 e. The fourth-order valence-electron chi connectivity index (χ4n) is 3.78. The van der Waals surface area contributed by atoms with Gasteiger partial charge in [-0.1, -0.05) is 12.1 Å². The Morgan fingerprint density at radius 1 is 1.42 bits per heavy atom. The molecule has 0 bridgehead atoms. The van der Waals surface area contributed by atoms with E-state index in [2.05, 4.69) is 11.6 Å². The Hall–Kier alpha value is -2.42. The van der Waals surface area contributed by atoms with Crippen LogP contribution in [0, 0.1) is 11.3 Å². The number of carboxylic acids is 1. The third-order valence-corrected chi connectivity index (χ3v) is 4.99. The Balaban J connectivity index is 1.74. The molecular formula is C17H18F3N3O3. The molecule has 2 aliphatic rings. The molecular weight excluding hydrogens is 351 g/mol. The lowest BCUT2D eigenvalue weighted by Gasteiger charge is -2.24. The standard InChI is InChI=1S/C17H18F3N3O3/c1-2-5-23-10-16(15(25)26)9-22(8-12(16)14(23)24)7-11-3-4-13(21-6-11)17(18,19)20/h2-4,6,12H,1,5,7-10H2,(H,25,26)/t12-,16-/m1/s1. The molecule has 1 aromatic rings. The van der Waals surface area contributed by atoms with Crippen molar-refractivity contribution < 1.29 is 27.9 Å². The number of pyridine rings is 1. The predicted octanol–water partition coefficient (Wildman–Crippen LogP) is 1.63. The van der Waals surface area contributed by atoms with Gasteiger partial charge in [0.1, 0.15) is 11.1 Å². The van der Waals surface area contributed by atoms with E-state index in [4.69, 9.17) is 0 Å². The molecule has 1 aromatic heterocycles. The summed E-state index contributed by atoms with van der Waals surface area (Å²) < 4.78 is 37.7. The van der Waals surface area contributed by atoms with Crippen LogP contribution in [0.15, 0.2) is 31.0 Å². The van der Waals surface area contributed by atoms with Crippen LogP contribution in [-0.2, 0) is 22.3 Å². The molecule has 6 nitrogen and oxygen atoms in total. The number of likely N-dealkylation sites (tertiary alicyclic amines) is 2. The van der Waals surface area contributed by atoms with Crippen molar-refractivity contribution in [3.8, 4) is 0 Å². The molecule has 2 fully saturated rings. The minimum Gasteiger partial charge on any atom is -0.481 e. The highest BCUT2D eigenvalue weighted by atomic mass is 19.4. The highest BCUT2D eigenvalue weighted by Crippen LogP contribution is 2.44. The number of aliphatic carboxylic acids is 1. The lowest BCUT2D eigenvalue weighted by molar-refractivity contribution is -0.149. The van der Waals surface area contributed by atoms with Crippen LogP contribution in [0.3, 0.4) is 0 Å². The molecule has 0 spiro atoms. The SMILES string of the molecule is C=CCN1C[C@]2(C(=O)O)CN(Cc3ccc(C(F)(F)F)nc3)C[C@@H]2C1=O. The number of rotatable bonds is 5. The van der Waals surface area contributed by atoms with E-state index in [0.29, 0.717) is 12.1 Å². The molecule has 3 heterocycles. The van der Waals surface area contributed by atoms with Crippen LogP contribution in [0.25, 0.3) is 0 Å². The van der Waals surface area contributed by atoms with Crippen molar-refractivity contribution in [3.05, 3.63) is 42.2 Å². The molecule has 26 heavy (non-hydrogen) atoms. The molecule has 9 heteroatoms. The van der Waals surface area contributed by atoms with Crippen molar-refractivity contribution in [1.82, 2.24) is 14.8 Å². The fraction of sp³-hybridized carbons (Fsp3) is 0.471. The molecule has 0 aromatic carbocycles. The molecule has 0 aliphatic carbocycles. The largest absolute Gasteiger partial charge is 0.481 e. The minimum absolute atomic E-state index is 0.111. The Labute approximate surface area is 147 Å². The zero-order chi connectivity index (χ0) is 19.1. The number of nitrogens with zero attached hydrogens (tertiary/aromatic N) is 3. The van der Waals surface area contributed by atoms with Crippen molar-refractivity contribution in [3.63, 3.8) is 0 Å². The van der Waals surface area contributed by atoms with E-state index in [1.165, 1.54) is 11.0 Å². The molecule has 2 atom stereocenters. The van der Waals surface area contributed by atoms with E-state index >= 15 is 0 Å². The lowest BCUT2D eigenvalue weighted by Crippen LogP contribution is -2.40. The maximum absolute atomic E-state index is 12.6. The number of hydrogen-bond acceptors (Lipinski definition) is 4. The van der Waals surface area contributed by atoms with Crippen LogP contribution in [-0.4, -0.2) is 57.9 Å². The van der Waals surface area contributed by atoms with Crippen molar-refractivity contribution in [2.24, 2.45) is 11.3 Å². The monoisotopic (exact) mass is 369 g/mol. The third kappa shape index (κ3) is 3.07. The third-order valence-electron chi connectivity index (χ3n) is 4.99. The van der Waals surface area contributed by atoms with Gasteiger partial charge in [-0.25, -0.2) is 0 Å². The summed E-state index contributed by atoms with van der Waals surface area (Å²) in [5.74, 6) is -1.92. The first-order valence-corrected chi connectivity index (χ1v) is 8.05. The molecule has 2 aliphatic heterocycles. The minimum atomic E-state index is -4.50. The molecule has 3 rings (SSSR count).